The van der Waals surface area contributed by atoms with E-state index in [2.05, 4.69) is 11.3 Å². The Morgan fingerprint density at radius 1 is 1.07 bits per heavy atom. The molecule has 0 unspecified atom stereocenters. The van der Waals surface area contributed by atoms with E-state index in [0.29, 0.717) is 0 Å². The Balaban J connectivity index is 0.000000262. The number of aliphatic carboxylic acids is 2. The second-order valence-corrected chi connectivity index (χ2v) is 2.16. The first-order chi connectivity index (χ1) is 6.84. The van der Waals surface area contributed by atoms with Crippen molar-refractivity contribution in [2.45, 2.75) is 0 Å². The summed E-state index contributed by atoms with van der Waals surface area (Å²) in [6.07, 6.45) is 2.17. The predicted molar refractivity (Wildman–Crippen MR) is 44.7 cm³/mol. The predicted octanol–water partition coefficient (Wildman–Crippen LogP) is -0.662. The molecule has 0 saturated carbocycles. The van der Waals surface area contributed by atoms with Crippen LogP contribution in [0.2, 0.25) is 0 Å². The lowest BCUT2D eigenvalue weighted by Crippen LogP contribution is -2.08. The second kappa shape index (κ2) is 5.32. The lowest BCUT2D eigenvalue weighted by molar-refractivity contribution is -0.150. The van der Waals surface area contributed by atoms with Crippen LogP contribution in [0.1, 0.15) is 0 Å². The fraction of sp³-hybridized carbons (Fsp3) is 0. The largest absolute Gasteiger partial charge is 0.477 e. The van der Waals surface area contributed by atoms with E-state index in [9.17, 15) is 19.2 Å². The van der Waals surface area contributed by atoms with E-state index in [-0.39, 0.29) is 0 Å². The van der Waals surface area contributed by atoms with Crippen LogP contribution in [0.15, 0.2) is 24.3 Å². The number of carbonyl (C=O) groups is 4. The highest BCUT2D eigenvalue weighted by atomic mass is 16.6. The SMILES string of the molecule is C=C(C(=O)O)C(=O)O.O=C1C=CC(=O)O1. The molecule has 0 bridgehead atoms. The Morgan fingerprint density at radius 3 is 1.47 bits per heavy atom. The van der Waals surface area contributed by atoms with Crippen molar-refractivity contribution in [3.8, 4) is 0 Å². The lowest BCUT2D eigenvalue weighted by Gasteiger charge is -1.86. The van der Waals surface area contributed by atoms with E-state index in [1.54, 1.807) is 0 Å². The first-order valence-electron chi connectivity index (χ1n) is 3.44. The molecule has 7 heteroatoms. The van der Waals surface area contributed by atoms with E-state index in [0.717, 1.165) is 12.2 Å². The van der Waals surface area contributed by atoms with Crippen LogP contribution >= 0.6 is 0 Å². The molecule has 0 aromatic rings. The number of carboxylic acids is 2. The molecule has 0 fully saturated rings. The van der Waals surface area contributed by atoms with Crippen LogP contribution < -0.4 is 0 Å². The molecule has 0 aliphatic carbocycles. The number of carbonyl (C=O) groups excluding carboxylic acids is 2. The Kier molecular flexibility index (Phi) is 4.46. The number of esters is 2. The molecule has 1 aliphatic heterocycles. The summed E-state index contributed by atoms with van der Waals surface area (Å²) >= 11 is 0. The molecule has 0 amide bonds. The number of ether oxygens (including phenoxy) is 1. The minimum absolute atomic E-state index is 0.579. The summed E-state index contributed by atoms with van der Waals surface area (Å²) in [5.74, 6) is -4.16. The van der Waals surface area contributed by atoms with Crippen molar-refractivity contribution >= 4 is 23.9 Å². The van der Waals surface area contributed by atoms with E-state index < -0.39 is 29.5 Å². The lowest BCUT2D eigenvalue weighted by atomic mass is 10.3. The van der Waals surface area contributed by atoms with Gasteiger partial charge in [-0.1, -0.05) is 6.58 Å². The fourth-order valence-corrected chi connectivity index (χ4v) is 0.395. The van der Waals surface area contributed by atoms with Crippen molar-refractivity contribution in [2.75, 3.05) is 0 Å². The average molecular weight is 214 g/mol. The maximum absolute atomic E-state index is 9.92. The monoisotopic (exact) mass is 214 g/mol. The fourth-order valence-electron chi connectivity index (χ4n) is 0.395. The molecule has 7 nitrogen and oxygen atoms in total. The van der Waals surface area contributed by atoms with Gasteiger partial charge in [-0.15, -0.1) is 0 Å². The van der Waals surface area contributed by atoms with Gasteiger partial charge in [0.25, 0.3) is 0 Å². The topological polar surface area (TPSA) is 118 Å². The average Bonchev–Trinajstić information content (AvgIpc) is 2.49. The van der Waals surface area contributed by atoms with Gasteiger partial charge in [-0.25, -0.2) is 19.2 Å². The molecule has 1 aliphatic rings. The van der Waals surface area contributed by atoms with Crippen LogP contribution in [-0.4, -0.2) is 34.1 Å². The van der Waals surface area contributed by atoms with Gasteiger partial charge in [-0.3, -0.25) is 0 Å². The zero-order chi connectivity index (χ0) is 12.0. The van der Waals surface area contributed by atoms with Gasteiger partial charge >= 0.3 is 23.9 Å². The van der Waals surface area contributed by atoms with Gasteiger partial charge < -0.3 is 14.9 Å². The standard InChI is InChI=1S/C4H4O4.C4H2O3/c1-2(3(5)6)4(7)8;5-3-1-2-4(6)7-3/h1H2,(H,5,6)(H,7,8);1-2H. The van der Waals surface area contributed by atoms with Gasteiger partial charge in [0.15, 0.2) is 0 Å². The third kappa shape index (κ3) is 4.98. The molecule has 80 valence electrons. The second-order valence-electron chi connectivity index (χ2n) is 2.16. The van der Waals surface area contributed by atoms with Crippen LogP contribution in [0.5, 0.6) is 0 Å². The van der Waals surface area contributed by atoms with Crippen molar-refractivity contribution in [3.63, 3.8) is 0 Å². The highest BCUT2D eigenvalue weighted by Gasteiger charge is 2.11. The molecule has 0 atom stereocenters. The van der Waals surface area contributed by atoms with Crippen molar-refractivity contribution < 1.29 is 34.1 Å². The summed E-state index contributed by atoms with van der Waals surface area (Å²) in [4.78, 5) is 39.2. The Labute approximate surface area is 83.3 Å². The summed E-state index contributed by atoms with van der Waals surface area (Å²) in [5, 5.41) is 15.7. The zero-order valence-corrected chi connectivity index (χ0v) is 7.30. The minimum Gasteiger partial charge on any atom is -0.477 e. The summed E-state index contributed by atoms with van der Waals surface area (Å²) in [6, 6.07) is 0. The number of cyclic esters (lactones) is 2. The van der Waals surface area contributed by atoms with E-state index in [1.165, 1.54) is 0 Å². The quantitative estimate of drug-likeness (QED) is 0.271. The summed E-state index contributed by atoms with van der Waals surface area (Å²) in [5.41, 5.74) is -0.815. The molecule has 0 spiro atoms. The maximum atomic E-state index is 9.92. The first-order valence-corrected chi connectivity index (χ1v) is 3.44. The molecule has 0 saturated heterocycles. The maximum Gasteiger partial charge on any atom is 0.342 e. The molecule has 0 aromatic heterocycles. The third-order valence-corrected chi connectivity index (χ3v) is 1.07. The number of carboxylic acid groups (broad SMARTS) is 2. The van der Waals surface area contributed by atoms with Crippen LogP contribution in [0.3, 0.4) is 0 Å². The minimum atomic E-state index is -1.50. The van der Waals surface area contributed by atoms with Crippen LogP contribution in [0.25, 0.3) is 0 Å². The van der Waals surface area contributed by atoms with Crippen LogP contribution in [-0.2, 0) is 23.9 Å². The molecule has 0 aromatic carbocycles. The van der Waals surface area contributed by atoms with Crippen molar-refractivity contribution in [2.24, 2.45) is 0 Å². The van der Waals surface area contributed by atoms with E-state index in [4.69, 9.17) is 10.2 Å². The first kappa shape index (κ1) is 12.6. The third-order valence-electron chi connectivity index (χ3n) is 1.07. The van der Waals surface area contributed by atoms with Crippen molar-refractivity contribution in [1.82, 2.24) is 0 Å². The normalized spacial score (nSPS) is 12.5. The summed E-state index contributed by atoms with van der Waals surface area (Å²) in [6.45, 7) is 2.75. The zero-order valence-electron chi connectivity index (χ0n) is 7.30. The van der Waals surface area contributed by atoms with Gasteiger partial charge in [0.1, 0.15) is 5.57 Å². The molecule has 15 heavy (non-hydrogen) atoms. The van der Waals surface area contributed by atoms with Gasteiger partial charge in [-0.05, 0) is 0 Å². The molecule has 1 heterocycles. The Hall–Kier alpha value is -2.44. The molecule has 1 rings (SSSR count). The number of hydrogen-bond acceptors (Lipinski definition) is 5. The van der Waals surface area contributed by atoms with Gasteiger partial charge in [-0.2, -0.15) is 0 Å². The van der Waals surface area contributed by atoms with Gasteiger partial charge in [0.2, 0.25) is 0 Å². The summed E-state index contributed by atoms with van der Waals surface area (Å²) < 4.78 is 3.97. The highest BCUT2D eigenvalue weighted by Crippen LogP contribution is 1.92. The van der Waals surface area contributed by atoms with Crippen LogP contribution in [0.4, 0.5) is 0 Å². The number of rotatable bonds is 2. The Morgan fingerprint density at radius 2 is 1.40 bits per heavy atom. The molecule has 2 N–H and O–H groups in total. The van der Waals surface area contributed by atoms with E-state index >= 15 is 0 Å². The summed E-state index contributed by atoms with van der Waals surface area (Å²) in [7, 11) is 0. The van der Waals surface area contributed by atoms with Crippen LogP contribution in [0, 0.1) is 0 Å². The Bertz CT molecular complexity index is 331. The molecular weight excluding hydrogens is 208 g/mol. The van der Waals surface area contributed by atoms with Gasteiger partial charge in [0, 0.05) is 12.2 Å². The smallest absolute Gasteiger partial charge is 0.342 e. The number of hydrogen-bond donors (Lipinski definition) is 2. The van der Waals surface area contributed by atoms with Gasteiger partial charge in [0.05, 0.1) is 0 Å². The van der Waals surface area contributed by atoms with Crippen molar-refractivity contribution in [3.05, 3.63) is 24.3 Å². The highest BCUT2D eigenvalue weighted by molar-refractivity contribution is 6.11. The molecule has 0 radical (unpaired) electrons. The molecular formula is C8H6O7. The van der Waals surface area contributed by atoms with Crippen molar-refractivity contribution in [1.29, 1.82) is 0 Å². The van der Waals surface area contributed by atoms with E-state index in [1.807, 2.05) is 0 Å².